The molecule has 2 aromatic rings. The summed E-state index contributed by atoms with van der Waals surface area (Å²) < 4.78 is 50.7. The standard InChI is InChI=1S/C19H23F3N2O3/c1-3-5-8-23-18(25)12-14-11-17(24-27-14)15-7-6-13(26-9-4-2)10-16(15)19(20,21)22/h6-7,10-11H,3-5,8-9,12H2,1-2H3,(H,23,25). The Kier molecular flexibility index (Phi) is 7.27. The topological polar surface area (TPSA) is 64.4 Å². The minimum atomic E-state index is -4.57. The maximum absolute atomic E-state index is 13.4. The minimum absolute atomic E-state index is 0.0284. The van der Waals surface area contributed by atoms with Crippen molar-refractivity contribution in [3.63, 3.8) is 0 Å². The van der Waals surface area contributed by atoms with Crippen molar-refractivity contribution in [2.75, 3.05) is 13.2 Å². The number of benzene rings is 1. The second-order valence-corrected chi connectivity index (χ2v) is 6.11. The zero-order valence-corrected chi connectivity index (χ0v) is 15.4. The van der Waals surface area contributed by atoms with E-state index in [9.17, 15) is 18.0 Å². The summed E-state index contributed by atoms with van der Waals surface area (Å²) in [6, 6.07) is 5.08. The summed E-state index contributed by atoms with van der Waals surface area (Å²) in [5.41, 5.74) is -0.947. The summed E-state index contributed by atoms with van der Waals surface area (Å²) in [7, 11) is 0. The molecule has 0 fully saturated rings. The van der Waals surface area contributed by atoms with Crippen LogP contribution in [0.15, 0.2) is 28.8 Å². The monoisotopic (exact) mass is 384 g/mol. The molecule has 1 N–H and O–H groups in total. The van der Waals surface area contributed by atoms with Crippen molar-refractivity contribution in [2.24, 2.45) is 0 Å². The average Bonchev–Trinajstić information content (AvgIpc) is 3.07. The number of rotatable bonds is 9. The van der Waals surface area contributed by atoms with Gasteiger partial charge in [-0.05, 0) is 31.0 Å². The highest BCUT2D eigenvalue weighted by Gasteiger charge is 2.35. The van der Waals surface area contributed by atoms with Gasteiger partial charge in [0.15, 0.2) is 0 Å². The van der Waals surface area contributed by atoms with Gasteiger partial charge in [0.1, 0.15) is 17.2 Å². The van der Waals surface area contributed by atoms with E-state index in [0.717, 1.165) is 18.9 Å². The van der Waals surface area contributed by atoms with E-state index >= 15 is 0 Å². The molecular weight excluding hydrogens is 361 g/mol. The van der Waals surface area contributed by atoms with Gasteiger partial charge in [0.2, 0.25) is 5.91 Å². The van der Waals surface area contributed by atoms with Crippen molar-refractivity contribution in [1.82, 2.24) is 10.5 Å². The summed E-state index contributed by atoms with van der Waals surface area (Å²) in [6.07, 6.45) is -2.15. The van der Waals surface area contributed by atoms with Gasteiger partial charge in [-0.1, -0.05) is 25.4 Å². The Balaban J connectivity index is 2.20. The number of nitrogens with one attached hydrogen (secondary N) is 1. The largest absolute Gasteiger partial charge is 0.494 e. The van der Waals surface area contributed by atoms with Gasteiger partial charge in [-0.3, -0.25) is 4.79 Å². The first kappa shape index (κ1) is 20.8. The summed E-state index contributed by atoms with van der Waals surface area (Å²) in [4.78, 5) is 11.8. The molecule has 1 heterocycles. The second-order valence-electron chi connectivity index (χ2n) is 6.11. The van der Waals surface area contributed by atoms with Crippen LogP contribution in [0.25, 0.3) is 11.3 Å². The number of hydrogen-bond acceptors (Lipinski definition) is 4. The molecule has 0 unspecified atom stereocenters. The van der Waals surface area contributed by atoms with Crippen molar-refractivity contribution >= 4 is 5.91 Å². The quantitative estimate of drug-likeness (QED) is 0.642. The highest BCUT2D eigenvalue weighted by molar-refractivity contribution is 5.78. The average molecular weight is 384 g/mol. The van der Waals surface area contributed by atoms with Gasteiger partial charge in [-0.15, -0.1) is 0 Å². The lowest BCUT2D eigenvalue weighted by atomic mass is 10.0. The van der Waals surface area contributed by atoms with Crippen LogP contribution in [0.1, 0.15) is 44.4 Å². The Morgan fingerprint density at radius 1 is 1.22 bits per heavy atom. The molecule has 1 amide bonds. The zero-order valence-electron chi connectivity index (χ0n) is 15.4. The number of hydrogen-bond donors (Lipinski definition) is 1. The van der Waals surface area contributed by atoms with Gasteiger partial charge in [0, 0.05) is 18.2 Å². The first-order valence-corrected chi connectivity index (χ1v) is 8.91. The fraction of sp³-hybridized carbons (Fsp3) is 0.474. The predicted molar refractivity (Wildman–Crippen MR) is 94.3 cm³/mol. The lowest BCUT2D eigenvalue weighted by molar-refractivity contribution is -0.137. The van der Waals surface area contributed by atoms with E-state index in [1.54, 1.807) is 0 Å². The van der Waals surface area contributed by atoms with E-state index in [1.165, 1.54) is 18.2 Å². The van der Waals surface area contributed by atoms with Crippen molar-refractivity contribution in [3.05, 3.63) is 35.6 Å². The molecule has 5 nitrogen and oxygen atoms in total. The Bertz CT molecular complexity index is 757. The van der Waals surface area contributed by atoms with Gasteiger partial charge < -0.3 is 14.6 Å². The number of alkyl halides is 3. The Hall–Kier alpha value is -2.51. The molecule has 8 heteroatoms. The van der Waals surface area contributed by atoms with E-state index in [2.05, 4.69) is 10.5 Å². The summed E-state index contributed by atoms with van der Waals surface area (Å²) in [5, 5.41) is 6.43. The third-order valence-electron chi connectivity index (χ3n) is 3.79. The molecule has 27 heavy (non-hydrogen) atoms. The van der Waals surface area contributed by atoms with Crippen LogP contribution in [0.2, 0.25) is 0 Å². The first-order valence-electron chi connectivity index (χ1n) is 8.91. The molecule has 0 aliphatic rings. The summed E-state index contributed by atoms with van der Waals surface area (Å²) >= 11 is 0. The number of amides is 1. The smallest absolute Gasteiger partial charge is 0.417 e. The summed E-state index contributed by atoms with van der Waals surface area (Å²) in [5.74, 6) is 0.0934. The van der Waals surface area contributed by atoms with Crippen LogP contribution in [0, 0.1) is 0 Å². The molecule has 148 valence electrons. The Morgan fingerprint density at radius 3 is 2.67 bits per heavy atom. The number of carbonyl (C=O) groups excluding carboxylic acids is 1. The third-order valence-corrected chi connectivity index (χ3v) is 3.79. The maximum atomic E-state index is 13.4. The number of carbonyl (C=O) groups is 1. The van der Waals surface area contributed by atoms with Crippen molar-refractivity contribution < 1.29 is 27.2 Å². The number of halogens is 3. The third kappa shape index (κ3) is 6.01. The molecule has 0 aliphatic heterocycles. The van der Waals surface area contributed by atoms with Crippen LogP contribution >= 0.6 is 0 Å². The minimum Gasteiger partial charge on any atom is -0.494 e. The van der Waals surface area contributed by atoms with E-state index in [-0.39, 0.29) is 35.1 Å². The van der Waals surface area contributed by atoms with Crippen LogP contribution < -0.4 is 10.1 Å². The summed E-state index contributed by atoms with van der Waals surface area (Å²) in [6.45, 7) is 4.76. The van der Waals surface area contributed by atoms with Crippen LogP contribution in [-0.4, -0.2) is 24.2 Å². The molecule has 1 aromatic carbocycles. The molecule has 0 aliphatic carbocycles. The number of unbranched alkanes of at least 4 members (excludes halogenated alkanes) is 1. The fourth-order valence-electron chi connectivity index (χ4n) is 2.44. The second kappa shape index (κ2) is 9.43. The highest BCUT2D eigenvalue weighted by Crippen LogP contribution is 2.39. The number of nitrogens with zero attached hydrogens (tertiary/aromatic N) is 1. The molecule has 0 saturated carbocycles. The van der Waals surface area contributed by atoms with E-state index in [4.69, 9.17) is 9.26 Å². The van der Waals surface area contributed by atoms with Crippen LogP contribution in [-0.2, 0) is 17.4 Å². The number of aromatic nitrogens is 1. The van der Waals surface area contributed by atoms with Gasteiger partial charge in [0.25, 0.3) is 0 Å². The van der Waals surface area contributed by atoms with Crippen LogP contribution in [0.5, 0.6) is 5.75 Å². The van der Waals surface area contributed by atoms with Crippen molar-refractivity contribution in [2.45, 2.75) is 45.7 Å². The normalized spacial score (nSPS) is 11.4. The Morgan fingerprint density at radius 2 is 2.00 bits per heavy atom. The van der Waals surface area contributed by atoms with E-state index in [1.807, 2.05) is 13.8 Å². The zero-order chi connectivity index (χ0) is 19.9. The molecule has 0 spiro atoms. The van der Waals surface area contributed by atoms with Gasteiger partial charge in [-0.2, -0.15) is 13.2 Å². The van der Waals surface area contributed by atoms with Gasteiger partial charge in [-0.25, -0.2) is 0 Å². The fourth-order valence-corrected chi connectivity index (χ4v) is 2.44. The molecule has 0 saturated heterocycles. The van der Waals surface area contributed by atoms with E-state index < -0.39 is 11.7 Å². The van der Waals surface area contributed by atoms with Gasteiger partial charge in [0.05, 0.1) is 18.6 Å². The molecule has 0 bridgehead atoms. The lowest BCUT2D eigenvalue weighted by Crippen LogP contribution is -2.25. The SMILES string of the molecule is CCCCNC(=O)Cc1cc(-c2ccc(OCCC)cc2C(F)(F)F)no1. The van der Waals surface area contributed by atoms with Crippen LogP contribution in [0.4, 0.5) is 13.2 Å². The maximum Gasteiger partial charge on any atom is 0.417 e. The molecule has 0 atom stereocenters. The predicted octanol–water partition coefficient (Wildman–Crippen LogP) is 4.61. The molecule has 0 radical (unpaired) electrons. The van der Waals surface area contributed by atoms with Gasteiger partial charge >= 0.3 is 6.18 Å². The van der Waals surface area contributed by atoms with Crippen molar-refractivity contribution in [3.8, 4) is 17.0 Å². The van der Waals surface area contributed by atoms with Crippen molar-refractivity contribution in [1.29, 1.82) is 0 Å². The molecule has 1 aromatic heterocycles. The first-order chi connectivity index (χ1) is 12.8. The highest BCUT2D eigenvalue weighted by atomic mass is 19.4. The van der Waals surface area contributed by atoms with Crippen LogP contribution in [0.3, 0.4) is 0 Å². The Labute approximate surface area is 155 Å². The lowest BCUT2D eigenvalue weighted by Gasteiger charge is -2.13. The van der Waals surface area contributed by atoms with E-state index in [0.29, 0.717) is 19.6 Å². The molecule has 2 rings (SSSR count). The number of ether oxygens (including phenoxy) is 1. The molecular formula is C19H23F3N2O3.